The van der Waals surface area contributed by atoms with Gasteiger partial charge in [0.2, 0.25) is 0 Å². The van der Waals surface area contributed by atoms with Gasteiger partial charge in [-0.15, -0.1) is 0 Å². The van der Waals surface area contributed by atoms with Crippen LogP contribution in [0.2, 0.25) is 11.8 Å². The summed E-state index contributed by atoms with van der Waals surface area (Å²) in [6.07, 6.45) is 4.03. The summed E-state index contributed by atoms with van der Waals surface area (Å²) >= 11 is -2.16. The van der Waals surface area contributed by atoms with Crippen molar-refractivity contribution in [2.45, 2.75) is 72.6 Å². The van der Waals surface area contributed by atoms with Crippen LogP contribution in [0.25, 0.3) is 0 Å². The van der Waals surface area contributed by atoms with Crippen molar-refractivity contribution in [2.24, 2.45) is 0 Å². The van der Waals surface area contributed by atoms with E-state index in [0.717, 1.165) is 11.8 Å². The van der Waals surface area contributed by atoms with Crippen LogP contribution >= 0.6 is 0 Å². The average molecular weight is 317 g/mol. The molecular weight excluding hydrogens is 287 g/mol. The second kappa shape index (κ2) is 6.98. The Balaban J connectivity index is 5.18. The first-order chi connectivity index (χ1) is 7.00. The van der Waals surface area contributed by atoms with Gasteiger partial charge in [-0.05, 0) is 0 Å². The summed E-state index contributed by atoms with van der Waals surface area (Å²) in [4.78, 5) is 0. The normalized spacial score (nSPS) is 21.5. The van der Waals surface area contributed by atoms with Crippen molar-refractivity contribution in [1.82, 2.24) is 0 Å². The third-order valence-electron chi connectivity index (χ3n) is 4.75. The quantitative estimate of drug-likeness (QED) is 0.539. The zero-order valence-electron chi connectivity index (χ0n) is 11.6. The van der Waals surface area contributed by atoms with Gasteiger partial charge in [-0.3, -0.25) is 0 Å². The molecule has 0 rings (SSSR count). The first kappa shape index (κ1) is 15.5. The average Bonchev–Trinajstić information content (AvgIpc) is 2.29. The zero-order chi connectivity index (χ0) is 12.1. The fourth-order valence-electron chi connectivity index (χ4n) is 3.12. The van der Waals surface area contributed by atoms with Crippen molar-refractivity contribution >= 4 is 18.4 Å². The fraction of sp³-hybridized carbons (Fsp3) is 0.857. The van der Waals surface area contributed by atoms with Gasteiger partial charge in [0, 0.05) is 0 Å². The molecule has 0 bridgehead atoms. The number of rotatable bonds is 7. The summed E-state index contributed by atoms with van der Waals surface area (Å²) in [6, 6.07) is 0. The van der Waals surface area contributed by atoms with E-state index < -0.39 is 18.4 Å². The Kier molecular flexibility index (Phi) is 7.23. The van der Waals surface area contributed by atoms with Gasteiger partial charge in [-0.1, -0.05) is 0 Å². The molecule has 1 heteroatoms. The summed E-state index contributed by atoms with van der Waals surface area (Å²) in [5.41, 5.74) is 0. The second-order valence-electron chi connectivity index (χ2n) is 5.13. The van der Waals surface area contributed by atoms with Gasteiger partial charge in [0.05, 0.1) is 0 Å². The molecule has 0 aromatic heterocycles. The molecule has 0 fully saturated rings. The van der Waals surface area contributed by atoms with Gasteiger partial charge in [-0.25, -0.2) is 0 Å². The van der Waals surface area contributed by atoms with Crippen LogP contribution in [0.3, 0.4) is 0 Å². The van der Waals surface area contributed by atoms with Crippen LogP contribution in [0.15, 0.2) is 10.7 Å². The summed E-state index contributed by atoms with van der Waals surface area (Å²) in [5.74, 6) is 0. The standard InChI is InChI=1S/3C4H9.C2H3.Sn/c3*1-3-4-2;1-2;/h3*3H,4H2,1-2H3;1H,2H2;. The first-order valence-electron chi connectivity index (χ1n) is 6.64. The molecule has 3 atom stereocenters. The zero-order valence-corrected chi connectivity index (χ0v) is 14.5. The molecule has 90 valence electrons. The van der Waals surface area contributed by atoms with Gasteiger partial charge in [0.15, 0.2) is 0 Å². The van der Waals surface area contributed by atoms with E-state index in [-0.39, 0.29) is 0 Å². The summed E-state index contributed by atoms with van der Waals surface area (Å²) in [6.45, 7) is 18.7. The molecule has 0 N–H and O–H groups in total. The molecule has 0 radical (unpaired) electrons. The summed E-state index contributed by atoms with van der Waals surface area (Å²) < 4.78 is 5.30. The molecule has 0 saturated heterocycles. The molecule has 3 unspecified atom stereocenters. The van der Waals surface area contributed by atoms with Gasteiger partial charge in [-0.2, -0.15) is 0 Å². The minimum absolute atomic E-state index is 0.946. The fourth-order valence-corrected chi connectivity index (χ4v) is 20.9. The second-order valence-corrected chi connectivity index (χ2v) is 20.4. The molecule has 0 aliphatic rings. The maximum absolute atomic E-state index is 4.23. The molecule has 0 aromatic rings. The van der Waals surface area contributed by atoms with E-state index >= 15 is 0 Å². The van der Waals surface area contributed by atoms with Gasteiger partial charge in [0.25, 0.3) is 0 Å². The maximum atomic E-state index is 4.23. The van der Waals surface area contributed by atoms with Gasteiger partial charge < -0.3 is 0 Å². The van der Waals surface area contributed by atoms with Crippen LogP contribution in [-0.4, -0.2) is 18.4 Å². The van der Waals surface area contributed by atoms with E-state index in [4.69, 9.17) is 0 Å². The van der Waals surface area contributed by atoms with Crippen molar-refractivity contribution in [3.05, 3.63) is 10.7 Å². The van der Waals surface area contributed by atoms with E-state index in [1.807, 2.05) is 0 Å². The van der Waals surface area contributed by atoms with E-state index in [2.05, 4.69) is 52.2 Å². The first-order valence-corrected chi connectivity index (χ1v) is 13.2. The van der Waals surface area contributed by atoms with Gasteiger partial charge >= 0.3 is 102 Å². The predicted octanol–water partition coefficient (Wildman–Crippen LogP) is 5.56. The van der Waals surface area contributed by atoms with Crippen molar-refractivity contribution in [3.63, 3.8) is 0 Å². The summed E-state index contributed by atoms with van der Waals surface area (Å²) in [5, 5.41) is 0. The van der Waals surface area contributed by atoms with Crippen LogP contribution in [0.1, 0.15) is 60.8 Å². The predicted molar refractivity (Wildman–Crippen MR) is 75.1 cm³/mol. The van der Waals surface area contributed by atoms with Crippen molar-refractivity contribution in [2.75, 3.05) is 0 Å². The van der Waals surface area contributed by atoms with Crippen LogP contribution in [0.5, 0.6) is 0 Å². The Morgan fingerprint density at radius 2 is 1.13 bits per heavy atom. The van der Waals surface area contributed by atoms with Crippen molar-refractivity contribution in [3.8, 4) is 0 Å². The number of hydrogen-bond donors (Lipinski definition) is 0. The summed E-state index contributed by atoms with van der Waals surface area (Å²) in [7, 11) is 0. The van der Waals surface area contributed by atoms with E-state index in [1.54, 1.807) is 0 Å². The van der Waals surface area contributed by atoms with Crippen LogP contribution in [0, 0.1) is 0 Å². The molecule has 0 spiro atoms. The molecule has 0 aliphatic heterocycles. The molecule has 0 aliphatic carbocycles. The van der Waals surface area contributed by atoms with E-state index in [1.165, 1.54) is 19.3 Å². The van der Waals surface area contributed by atoms with Gasteiger partial charge in [0.1, 0.15) is 0 Å². The number of hydrogen-bond acceptors (Lipinski definition) is 0. The third kappa shape index (κ3) is 3.01. The van der Waals surface area contributed by atoms with Crippen LogP contribution in [0.4, 0.5) is 0 Å². The Morgan fingerprint density at radius 1 is 0.867 bits per heavy atom. The van der Waals surface area contributed by atoms with Crippen LogP contribution < -0.4 is 0 Å². The minimum atomic E-state index is -2.16. The topological polar surface area (TPSA) is 0 Å². The molecule has 15 heavy (non-hydrogen) atoms. The van der Waals surface area contributed by atoms with E-state index in [9.17, 15) is 0 Å². The molecule has 0 saturated carbocycles. The van der Waals surface area contributed by atoms with Crippen LogP contribution in [-0.2, 0) is 0 Å². The monoisotopic (exact) mass is 318 g/mol. The molecule has 0 heterocycles. The Morgan fingerprint density at radius 3 is 1.27 bits per heavy atom. The molecule has 0 aromatic carbocycles. The SMILES string of the molecule is C=[CH][Sn]([CH](C)CC)([CH](C)CC)[CH](C)CC. The Hall–Kier alpha value is 0.539. The third-order valence-corrected chi connectivity index (χ3v) is 24.9. The molecule has 0 nitrogen and oxygen atoms in total. The van der Waals surface area contributed by atoms with Crippen molar-refractivity contribution < 1.29 is 0 Å². The Bertz CT molecular complexity index is 159. The van der Waals surface area contributed by atoms with E-state index in [0.29, 0.717) is 0 Å². The Labute approximate surface area is 101 Å². The molecular formula is C14H30Sn. The molecule has 0 amide bonds. The van der Waals surface area contributed by atoms with Crippen molar-refractivity contribution in [1.29, 1.82) is 0 Å².